The Labute approximate surface area is 206 Å². The molecule has 180 valence electrons. The zero-order chi connectivity index (χ0) is 24.8. The Morgan fingerprint density at radius 3 is 2.49 bits per heavy atom. The van der Waals surface area contributed by atoms with Gasteiger partial charge in [0.2, 0.25) is 0 Å². The maximum absolute atomic E-state index is 13.4. The van der Waals surface area contributed by atoms with Gasteiger partial charge < -0.3 is 9.62 Å². The first kappa shape index (κ1) is 23.5. The van der Waals surface area contributed by atoms with Crippen molar-refractivity contribution >= 4 is 40.0 Å². The van der Waals surface area contributed by atoms with Crippen LogP contribution in [-0.4, -0.2) is 9.97 Å². The number of aromatic nitrogens is 2. The number of benzene rings is 2. The molecule has 0 amide bonds. The minimum atomic E-state index is -4.51. The summed E-state index contributed by atoms with van der Waals surface area (Å²) in [6.45, 7) is 7.01. The van der Waals surface area contributed by atoms with Crippen LogP contribution >= 0.6 is 11.9 Å². The van der Waals surface area contributed by atoms with E-state index in [0.717, 1.165) is 34.0 Å². The van der Waals surface area contributed by atoms with Crippen LogP contribution in [-0.2, 0) is 18.1 Å². The van der Waals surface area contributed by atoms with E-state index in [1.54, 1.807) is 18.1 Å². The Morgan fingerprint density at radius 1 is 1.00 bits per heavy atom. The molecule has 0 unspecified atom stereocenters. The smallest absolute Gasteiger partial charge is 0.338 e. The molecule has 1 N–H and O–H groups in total. The van der Waals surface area contributed by atoms with E-state index in [1.807, 2.05) is 24.3 Å². The number of fused-ring (bicyclic) bond motifs is 4. The van der Waals surface area contributed by atoms with Gasteiger partial charge in [0.05, 0.1) is 23.4 Å². The summed E-state index contributed by atoms with van der Waals surface area (Å²) in [6, 6.07) is 18.6. The van der Waals surface area contributed by atoms with Crippen molar-refractivity contribution in [1.29, 1.82) is 0 Å². The standard InChI is InChI=1S/C27H25F3N4S/c1-4-26(2,3)18-8-10-19(11-9-18)35-34-16-17-7-14-23(27(28,29)30)33-25(17)32-22-13-12-21-20(24(22)34)6-5-15-31-21/h5-15H,4,16H2,1-3H3,(H,32,33). The summed E-state index contributed by atoms with van der Waals surface area (Å²) in [4.78, 5) is 9.44. The van der Waals surface area contributed by atoms with E-state index in [4.69, 9.17) is 0 Å². The van der Waals surface area contributed by atoms with Gasteiger partial charge in [0.15, 0.2) is 0 Å². The third kappa shape index (κ3) is 4.55. The number of nitrogens with one attached hydrogen (secondary N) is 1. The van der Waals surface area contributed by atoms with Gasteiger partial charge in [0.25, 0.3) is 0 Å². The predicted molar refractivity (Wildman–Crippen MR) is 136 cm³/mol. The molecule has 3 heterocycles. The fourth-order valence-electron chi connectivity index (χ4n) is 4.13. The largest absolute Gasteiger partial charge is 0.433 e. The summed E-state index contributed by atoms with van der Waals surface area (Å²) >= 11 is 1.55. The average molecular weight is 495 g/mol. The van der Waals surface area contributed by atoms with Crippen molar-refractivity contribution in [3.63, 3.8) is 0 Å². The van der Waals surface area contributed by atoms with Crippen LogP contribution in [0.1, 0.15) is 44.0 Å². The second-order valence-electron chi connectivity index (χ2n) is 9.25. The number of hydrogen-bond acceptors (Lipinski definition) is 5. The fourth-order valence-corrected chi connectivity index (χ4v) is 5.13. The topological polar surface area (TPSA) is 41.1 Å². The van der Waals surface area contributed by atoms with Gasteiger partial charge in [0.1, 0.15) is 11.5 Å². The Balaban J connectivity index is 1.59. The lowest BCUT2D eigenvalue weighted by Gasteiger charge is -2.26. The maximum Gasteiger partial charge on any atom is 0.433 e. The van der Waals surface area contributed by atoms with Gasteiger partial charge >= 0.3 is 6.18 Å². The van der Waals surface area contributed by atoms with Crippen molar-refractivity contribution in [3.8, 4) is 0 Å². The average Bonchev–Trinajstić information content (AvgIpc) is 2.99. The van der Waals surface area contributed by atoms with Crippen molar-refractivity contribution in [2.75, 3.05) is 9.62 Å². The van der Waals surface area contributed by atoms with E-state index < -0.39 is 11.9 Å². The predicted octanol–water partition coefficient (Wildman–Crippen LogP) is 8.11. The minimum Gasteiger partial charge on any atom is -0.338 e. The third-order valence-electron chi connectivity index (χ3n) is 6.58. The third-order valence-corrected chi connectivity index (χ3v) is 7.59. The molecule has 0 atom stereocenters. The molecule has 0 saturated carbocycles. The van der Waals surface area contributed by atoms with Crippen molar-refractivity contribution < 1.29 is 13.2 Å². The van der Waals surface area contributed by atoms with E-state index in [9.17, 15) is 13.2 Å². The number of rotatable bonds is 4. The molecule has 0 saturated heterocycles. The van der Waals surface area contributed by atoms with Crippen LogP contribution < -0.4 is 9.62 Å². The molecule has 4 nitrogen and oxygen atoms in total. The highest BCUT2D eigenvalue weighted by Gasteiger charge is 2.34. The van der Waals surface area contributed by atoms with E-state index in [1.165, 1.54) is 11.6 Å². The molecule has 4 aromatic rings. The molecule has 2 aromatic carbocycles. The van der Waals surface area contributed by atoms with Crippen molar-refractivity contribution in [2.45, 2.75) is 50.2 Å². The molecule has 0 spiro atoms. The Bertz CT molecular complexity index is 1380. The Hall–Kier alpha value is -3.26. The van der Waals surface area contributed by atoms with Gasteiger partial charge in [-0.1, -0.05) is 39.0 Å². The molecule has 1 aliphatic heterocycles. The van der Waals surface area contributed by atoms with Crippen molar-refractivity contribution in [1.82, 2.24) is 9.97 Å². The van der Waals surface area contributed by atoms with Crippen LogP contribution in [0.25, 0.3) is 10.9 Å². The lowest BCUT2D eigenvalue weighted by Crippen LogP contribution is -2.16. The highest BCUT2D eigenvalue weighted by Crippen LogP contribution is 2.45. The maximum atomic E-state index is 13.4. The normalized spacial score (nSPS) is 13.7. The second kappa shape index (κ2) is 8.75. The molecule has 1 aliphatic rings. The number of anilines is 3. The molecular weight excluding hydrogens is 469 g/mol. The molecule has 0 aliphatic carbocycles. The number of alkyl halides is 3. The van der Waals surface area contributed by atoms with E-state index in [0.29, 0.717) is 17.8 Å². The Kier molecular flexibility index (Phi) is 5.87. The van der Waals surface area contributed by atoms with Gasteiger partial charge in [-0.3, -0.25) is 4.98 Å². The lowest BCUT2D eigenvalue weighted by atomic mass is 9.82. The summed E-state index contributed by atoms with van der Waals surface area (Å²) in [5.74, 6) is 0.215. The molecule has 0 fully saturated rings. The zero-order valence-corrected chi connectivity index (χ0v) is 20.5. The second-order valence-corrected chi connectivity index (χ2v) is 10.3. The summed E-state index contributed by atoms with van der Waals surface area (Å²) in [6.07, 6.45) is -1.74. The summed E-state index contributed by atoms with van der Waals surface area (Å²) in [5, 5.41) is 4.08. The number of nitrogens with zero attached hydrogens (tertiary/aromatic N) is 3. The minimum absolute atomic E-state index is 0.0883. The molecular formula is C27H25F3N4S. The number of hydrogen-bond donors (Lipinski definition) is 1. The first-order valence-electron chi connectivity index (χ1n) is 11.4. The lowest BCUT2D eigenvalue weighted by molar-refractivity contribution is -0.141. The van der Waals surface area contributed by atoms with Gasteiger partial charge in [-0.05, 0) is 71.8 Å². The molecule has 0 radical (unpaired) electrons. The van der Waals surface area contributed by atoms with Crippen LogP contribution in [0.3, 0.4) is 0 Å². The van der Waals surface area contributed by atoms with Crippen LogP contribution in [0.2, 0.25) is 0 Å². The number of pyridine rings is 2. The van der Waals surface area contributed by atoms with E-state index in [-0.39, 0.29) is 11.2 Å². The van der Waals surface area contributed by atoms with Gasteiger partial charge in [-0.25, -0.2) is 4.98 Å². The monoisotopic (exact) mass is 494 g/mol. The van der Waals surface area contributed by atoms with Crippen molar-refractivity contribution in [2.24, 2.45) is 0 Å². The molecule has 2 aromatic heterocycles. The highest BCUT2D eigenvalue weighted by atomic mass is 32.2. The summed E-state index contributed by atoms with van der Waals surface area (Å²) in [7, 11) is 0. The van der Waals surface area contributed by atoms with Crippen LogP contribution in [0, 0.1) is 0 Å². The Morgan fingerprint density at radius 2 is 1.77 bits per heavy atom. The zero-order valence-electron chi connectivity index (χ0n) is 19.6. The fraction of sp³-hybridized carbons (Fsp3) is 0.259. The van der Waals surface area contributed by atoms with Gasteiger partial charge in [-0.2, -0.15) is 13.2 Å². The summed E-state index contributed by atoms with van der Waals surface area (Å²) in [5.41, 5.74) is 3.49. The quantitative estimate of drug-likeness (QED) is 0.290. The molecule has 35 heavy (non-hydrogen) atoms. The first-order chi connectivity index (χ1) is 16.7. The van der Waals surface area contributed by atoms with Crippen LogP contribution in [0.5, 0.6) is 0 Å². The molecule has 0 bridgehead atoms. The van der Waals surface area contributed by atoms with Crippen LogP contribution in [0.4, 0.5) is 30.4 Å². The summed E-state index contributed by atoms with van der Waals surface area (Å²) < 4.78 is 42.2. The first-order valence-corrected chi connectivity index (χ1v) is 12.2. The van der Waals surface area contributed by atoms with E-state index in [2.05, 4.69) is 64.6 Å². The highest BCUT2D eigenvalue weighted by molar-refractivity contribution is 8.00. The van der Waals surface area contributed by atoms with E-state index >= 15 is 0 Å². The number of halogens is 3. The molecule has 8 heteroatoms. The van der Waals surface area contributed by atoms with Crippen molar-refractivity contribution in [3.05, 3.63) is 83.7 Å². The van der Waals surface area contributed by atoms with Gasteiger partial charge in [-0.15, -0.1) is 0 Å². The van der Waals surface area contributed by atoms with Crippen LogP contribution in [0.15, 0.2) is 71.8 Å². The SMILES string of the molecule is CCC(C)(C)c1ccc(SN2Cc3ccc(C(F)(F)F)nc3Nc3ccc4ncccc4c32)cc1. The molecule has 5 rings (SSSR count). The van der Waals surface area contributed by atoms with Gasteiger partial charge in [0, 0.05) is 22.0 Å².